The molecule has 1 aromatic heterocycles. The third-order valence-corrected chi connectivity index (χ3v) is 4.81. The molecule has 1 fully saturated rings. The molecule has 0 amide bonds. The van der Waals surface area contributed by atoms with Gasteiger partial charge >= 0.3 is 0 Å². The van der Waals surface area contributed by atoms with Gasteiger partial charge in [-0.1, -0.05) is 32.4 Å². The van der Waals surface area contributed by atoms with Gasteiger partial charge in [0.15, 0.2) is 0 Å². The van der Waals surface area contributed by atoms with E-state index in [-0.39, 0.29) is 0 Å². The number of rotatable bonds is 4. The van der Waals surface area contributed by atoms with Crippen LogP contribution in [-0.4, -0.2) is 22.1 Å². The predicted molar refractivity (Wildman–Crippen MR) is 83.9 cm³/mol. The molecule has 1 aliphatic rings. The van der Waals surface area contributed by atoms with Crippen molar-refractivity contribution in [1.29, 1.82) is 0 Å². The topological polar surface area (TPSA) is 29.9 Å². The molecule has 2 aromatic rings. The van der Waals surface area contributed by atoms with Gasteiger partial charge in [0.25, 0.3) is 0 Å². The third-order valence-electron chi connectivity index (χ3n) is 4.81. The molecule has 1 heterocycles. The molecule has 20 heavy (non-hydrogen) atoms. The number of aromatic nitrogens is 2. The molecule has 3 heteroatoms. The molecular weight excluding hydrogens is 246 g/mol. The number of nitrogens with one attached hydrogen (secondary N) is 1. The summed E-state index contributed by atoms with van der Waals surface area (Å²) in [5, 5.41) is 3.68. The van der Waals surface area contributed by atoms with Gasteiger partial charge in [0, 0.05) is 6.04 Å². The minimum Gasteiger partial charge on any atom is -0.326 e. The molecule has 3 rings (SSSR count). The summed E-state index contributed by atoms with van der Waals surface area (Å²) in [6.45, 7) is 5.57. The third kappa shape index (κ3) is 2.47. The maximum atomic E-state index is 4.57. The van der Waals surface area contributed by atoms with Gasteiger partial charge in [-0.15, -0.1) is 0 Å². The molecule has 0 radical (unpaired) electrons. The van der Waals surface area contributed by atoms with Gasteiger partial charge in [-0.25, -0.2) is 4.98 Å². The molecule has 3 unspecified atom stereocenters. The van der Waals surface area contributed by atoms with Crippen LogP contribution in [0.2, 0.25) is 0 Å². The van der Waals surface area contributed by atoms with Gasteiger partial charge in [-0.05, 0) is 43.9 Å². The van der Waals surface area contributed by atoms with Crippen molar-refractivity contribution in [3.8, 4) is 0 Å². The van der Waals surface area contributed by atoms with Crippen LogP contribution in [0.25, 0.3) is 11.0 Å². The van der Waals surface area contributed by atoms with Crippen LogP contribution in [0.4, 0.5) is 0 Å². The van der Waals surface area contributed by atoms with Gasteiger partial charge in [0.2, 0.25) is 0 Å². The highest BCUT2D eigenvalue weighted by Gasteiger charge is 2.31. The Bertz CT molecular complexity index is 560. The lowest BCUT2D eigenvalue weighted by molar-refractivity contribution is 0.207. The molecule has 1 aromatic carbocycles. The van der Waals surface area contributed by atoms with Crippen LogP contribution >= 0.6 is 0 Å². The summed E-state index contributed by atoms with van der Waals surface area (Å²) in [6.07, 6.45) is 7.25. The number of fused-ring (bicyclic) bond motifs is 1. The van der Waals surface area contributed by atoms with Crippen molar-refractivity contribution in [2.75, 3.05) is 6.54 Å². The van der Waals surface area contributed by atoms with Crippen molar-refractivity contribution >= 4 is 11.0 Å². The van der Waals surface area contributed by atoms with Crippen LogP contribution in [0.15, 0.2) is 30.6 Å². The lowest BCUT2D eigenvalue weighted by atomic mass is 9.80. The van der Waals surface area contributed by atoms with E-state index in [1.165, 1.54) is 31.2 Å². The van der Waals surface area contributed by atoms with Crippen LogP contribution in [0, 0.1) is 5.92 Å². The fraction of sp³-hybridized carbons (Fsp3) is 0.588. The Hall–Kier alpha value is -1.35. The van der Waals surface area contributed by atoms with E-state index in [1.54, 1.807) is 0 Å². The Morgan fingerprint density at radius 2 is 2.10 bits per heavy atom. The SMILES string of the molecule is CCNC1CCC(CC)CC1n1cnc2ccccc21. The van der Waals surface area contributed by atoms with E-state index in [0.29, 0.717) is 12.1 Å². The van der Waals surface area contributed by atoms with Crippen molar-refractivity contribution in [3.63, 3.8) is 0 Å². The number of benzene rings is 1. The van der Waals surface area contributed by atoms with Crippen molar-refractivity contribution in [1.82, 2.24) is 14.9 Å². The standard InChI is InChI=1S/C17H25N3/c1-3-13-9-10-15(18-4-2)17(11-13)20-12-19-14-7-5-6-8-16(14)20/h5-8,12-13,15,17-18H,3-4,9-11H2,1-2H3. The first kappa shape index (κ1) is 13.6. The molecule has 3 nitrogen and oxygen atoms in total. The Morgan fingerprint density at radius 1 is 1.25 bits per heavy atom. The lowest BCUT2D eigenvalue weighted by Gasteiger charge is -2.37. The maximum absolute atomic E-state index is 4.57. The van der Waals surface area contributed by atoms with Gasteiger partial charge in [0.1, 0.15) is 0 Å². The summed E-state index contributed by atoms with van der Waals surface area (Å²) in [5.74, 6) is 0.857. The molecule has 0 spiro atoms. The van der Waals surface area contributed by atoms with Crippen LogP contribution in [0.1, 0.15) is 45.6 Å². The first-order valence-corrected chi connectivity index (χ1v) is 7.98. The fourth-order valence-corrected chi connectivity index (χ4v) is 3.65. The van der Waals surface area contributed by atoms with Gasteiger partial charge in [-0.3, -0.25) is 0 Å². The molecular formula is C17H25N3. The summed E-state index contributed by atoms with van der Waals surface area (Å²) in [7, 11) is 0. The predicted octanol–water partition coefficient (Wildman–Crippen LogP) is 3.77. The van der Waals surface area contributed by atoms with Crippen LogP contribution in [0.5, 0.6) is 0 Å². The van der Waals surface area contributed by atoms with E-state index in [0.717, 1.165) is 18.0 Å². The van der Waals surface area contributed by atoms with Crippen LogP contribution in [-0.2, 0) is 0 Å². The van der Waals surface area contributed by atoms with Crippen molar-refractivity contribution in [3.05, 3.63) is 30.6 Å². The first-order valence-electron chi connectivity index (χ1n) is 7.98. The molecule has 1 aliphatic carbocycles. The number of likely N-dealkylation sites (N-methyl/N-ethyl adjacent to an activating group) is 1. The zero-order chi connectivity index (χ0) is 13.9. The number of nitrogens with zero attached hydrogens (tertiary/aromatic N) is 2. The minimum atomic E-state index is 0.543. The van der Waals surface area contributed by atoms with Gasteiger partial charge in [-0.2, -0.15) is 0 Å². The molecule has 1 saturated carbocycles. The zero-order valence-electron chi connectivity index (χ0n) is 12.5. The van der Waals surface area contributed by atoms with Crippen molar-refractivity contribution < 1.29 is 0 Å². The van der Waals surface area contributed by atoms with Crippen molar-refractivity contribution in [2.45, 2.75) is 51.6 Å². The van der Waals surface area contributed by atoms with E-state index >= 15 is 0 Å². The summed E-state index contributed by atoms with van der Waals surface area (Å²) >= 11 is 0. The Morgan fingerprint density at radius 3 is 2.90 bits per heavy atom. The summed E-state index contributed by atoms with van der Waals surface area (Å²) in [6, 6.07) is 9.61. The minimum absolute atomic E-state index is 0.543. The molecule has 0 aliphatic heterocycles. The highest BCUT2D eigenvalue weighted by molar-refractivity contribution is 5.75. The molecule has 1 N–H and O–H groups in total. The second-order valence-electron chi connectivity index (χ2n) is 5.96. The lowest BCUT2D eigenvalue weighted by Crippen LogP contribution is -2.41. The Kier molecular flexibility index (Phi) is 4.06. The number of hydrogen-bond acceptors (Lipinski definition) is 2. The quantitative estimate of drug-likeness (QED) is 0.917. The highest BCUT2D eigenvalue weighted by atomic mass is 15.1. The average molecular weight is 271 g/mol. The number of hydrogen-bond donors (Lipinski definition) is 1. The van der Waals surface area contributed by atoms with Crippen LogP contribution in [0.3, 0.4) is 0 Å². The van der Waals surface area contributed by atoms with E-state index < -0.39 is 0 Å². The first-order chi connectivity index (χ1) is 9.83. The van der Waals surface area contributed by atoms with E-state index in [2.05, 4.69) is 53.0 Å². The molecule has 0 saturated heterocycles. The smallest absolute Gasteiger partial charge is 0.0961 e. The summed E-state index contributed by atoms with van der Waals surface area (Å²) in [5.41, 5.74) is 2.39. The summed E-state index contributed by atoms with van der Waals surface area (Å²) in [4.78, 5) is 4.57. The second kappa shape index (κ2) is 5.96. The summed E-state index contributed by atoms with van der Waals surface area (Å²) < 4.78 is 2.41. The molecule has 0 bridgehead atoms. The highest BCUT2D eigenvalue weighted by Crippen LogP contribution is 2.36. The largest absolute Gasteiger partial charge is 0.326 e. The second-order valence-corrected chi connectivity index (χ2v) is 5.96. The van der Waals surface area contributed by atoms with E-state index in [9.17, 15) is 0 Å². The number of para-hydroxylation sites is 2. The Labute approximate surface area is 121 Å². The van der Waals surface area contributed by atoms with Gasteiger partial charge in [0.05, 0.1) is 23.4 Å². The normalized spacial score (nSPS) is 27.0. The monoisotopic (exact) mass is 271 g/mol. The maximum Gasteiger partial charge on any atom is 0.0961 e. The molecule has 3 atom stereocenters. The molecule has 108 valence electrons. The number of imidazole rings is 1. The van der Waals surface area contributed by atoms with E-state index in [4.69, 9.17) is 0 Å². The van der Waals surface area contributed by atoms with Crippen LogP contribution < -0.4 is 5.32 Å². The van der Waals surface area contributed by atoms with Gasteiger partial charge < -0.3 is 9.88 Å². The van der Waals surface area contributed by atoms with E-state index in [1.807, 2.05) is 6.33 Å². The van der Waals surface area contributed by atoms with Crippen molar-refractivity contribution in [2.24, 2.45) is 5.92 Å². The Balaban J connectivity index is 1.94. The average Bonchev–Trinajstić information content (AvgIpc) is 2.92. The fourth-order valence-electron chi connectivity index (χ4n) is 3.65. The zero-order valence-corrected chi connectivity index (χ0v) is 12.5.